The number of aliphatic hydroxyl groups excluding tert-OH is 1. The number of benzene rings is 1. The molecule has 0 radical (unpaired) electrons. The lowest BCUT2D eigenvalue weighted by molar-refractivity contribution is -0.274. The maximum Gasteiger partial charge on any atom is 0.573 e. The molecule has 0 spiro atoms. The summed E-state index contributed by atoms with van der Waals surface area (Å²) in [6.07, 6.45) is -5.01. The molecule has 1 N–H and O–H groups in total. The van der Waals surface area contributed by atoms with E-state index in [0.717, 1.165) is 19.2 Å². The number of hydrogen-bond acceptors (Lipinski definition) is 5. The highest BCUT2D eigenvalue weighted by Crippen LogP contribution is 2.30. The number of hydrogen-bond donors (Lipinski definition) is 1. The molecule has 0 heterocycles. The third-order valence-corrected chi connectivity index (χ3v) is 2.13. The second-order valence-electron chi connectivity index (χ2n) is 3.31. The lowest BCUT2D eigenvalue weighted by Gasteiger charge is -2.14. The molecule has 0 bridgehead atoms. The van der Waals surface area contributed by atoms with Gasteiger partial charge in [0, 0.05) is 0 Å². The molecule has 1 rings (SSSR count). The van der Waals surface area contributed by atoms with Gasteiger partial charge in [0.25, 0.3) is 0 Å². The van der Waals surface area contributed by atoms with Gasteiger partial charge in [0.1, 0.15) is 11.3 Å². The molecule has 102 valence electrons. The molecule has 0 unspecified atom stereocenters. The minimum atomic E-state index is -5.01. The van der Waals surface area contributed by atoms with Crippen LogP contribution in [0.15, 0.2) is 12.1 Å². The van der Waals surface area contributed by atoms with Gasteiger partial charge in [0.2, 0.25) is 0 Å². The molecule has 1 aromatic carbocycles. The van der Waals surface area contributed by atoms with Gasteiger partial charge in [-0.15, -0.1) is 13.2 Å². The van der Waals surface area contributed by atoms with Crippen LogP contribution < -0.4 is 4.74 Å². The first-order valence-electron chi connectivity index (χ1n) is 4.84. The number of esters is 1. The number of carbonyl (C=O) groups excluding carboxylic acids is 1. The zero-order chi connectivity index (χ0) is 14.6. The van der Waals surface area contributed by atoms with Crippen molar-refractivity contribution in [1.29, 1.82) is 5.26 Å². The Bertz CT molecular complexity index is 534. The van der Waals surface area contributed by atoms with Crippen molar-refractivity contribution in [2.45, 2.75) is 13.0 Å². The third kappa shape index (κ3) is 3.59. The van der Waals surface area contributed by atoms with Crippen molar-refractivity contribution < 1.29 is 32.5 Å². The lowest BCUT2D eigenvalue weighted by atomic mass is 10.0. The van der Waals surface area contributed by atoms with E-state index >= 15 is 0 Å². The minimum absolute atomic E-state index is 0.0885. The number of halogens is 3. The summed E-state index contributed by atoms with van der Waals surface area (Å²) < 4.78 is 44.6. The monoisotopic (exact) mass is 275 g/mol. The van der Waals surface area contributed by atoms with Crippen LogP contribution in [-0.4, -0.2) is 24.5 Å². The normalized spacial score (nSPS) is 10.7. The van der Waals surface area contributed by atoms with Crippen molar-refractivity contribution in [2.24, 2.45) is 0 Å². The fourth-order valence-corrected chi connectivity index (χ4v) is 1.34. The molecule has 0 aliphatic heterocycles. The van der Waals surface area contributed by atoms with Crippen LogP contribution in [-0.2, 0) is 11.3 Å². The molecule has 0 aliphatic rings. The van der Waals surface area contributed by atoms with E-state index in [9.17, 15) is 18.0 Å². The zero-order valence-corrected chi connectivity index (χ0v) is 9.61. The molecule has 8 heteroatoms. The van der Waals surface area contributed by atoms with Crippen molar-refractivity contribution in [3.05, 3.63) is 28.8 Å². The fourth-order valence-electron chi connectivity index (χ4n) is 1.34. The quantitative estimate of drug-likeness (QED) is 0.850. The molecule has 19 heavy (non-hydrogen) atoms. The van der Waals surface area contributed by atoms with Crippen molar-refractivity contribution in [2.75, 3.05) is 7.11 Å². The Kier molecular flexibility index (Phi) is 4.34. The van der Waals surface area contributed by atoms with E-state index in [4.69, 9.17) is 10.4 Å². The standard InChI is InChI=1S/C11H8F3NO4/c1-18-10(17)8-2-6(4-15)7(5-16)3-9(8)19-11(12,13)14/h2-3,16H,5H2,1H3. The number of carbonyl (C=O) groups is 1. The maximum absolute atomic E-state index is 12.2. The van der Waals surface area contributed by atoms with Gasteiger partial charge < -0.3 is 14.6 Å². The van der Waals surface area contributed by atoms with Crippen LogP contribution in [0.2, 0.25) is 0 Å². The smallest absolute Gasteiger partial charge is 0.465 e. The number of nitriles is 1. The summed E-state index contributed by atoms with van der Waals surface area (Å²) in [4.78, 5) is 11.3. The highest BCUT2D eigenvalue weighted by Gasteiger charge is 2.33. The SMILES string of the molecule is COC(=O)c1cc(C#N)c(CO)cc1OC(F)(F)F. The number of methoxy groups -OCH3 is 1. The maximum atomic E-state index is 12.2. The fraction of sp³-hybridized carbons (Fsp3) is 0.273. The summed E-state index contributed by atoms with van der Waals surface area (Å²) in [6.45, 7) is -0.668. The Labute approximate surface area is 105 Å². The molecular weight excluding hydrogens is 267 g/mol. The minimum Gasteiger partial charge on any atom is -0.465 e. The molecule has 0 amide bonds. The number of alkyl halides is 3. The molecule has 0 saturated carbocycles. The summed E-state index contributed by atoms with van der Waals surface area (Å²) >= 11 is 0. The Morgan fingerprint density at radius 3 is 2.53 bits per heavy atom. The van der Waals surface area contributed by atoms with Gasteiger partial charge in [0.05, 0.1) is 25.3 Å². The van der Waals surface area contributed by atoms with Crippen LogP contribution in [0, 0.1) is 11.3 Å². The molecule has 0 atom stereocenters. The van der Waals surface area contributed by atoms with E-state index in [1.165, 1.54) is 0 Å². The van der Waals surface area contributed by atoms with Crippen LogP contribution in [0.1, 0.15) is 21.5 Å². The number of nitrogens with zero attached hydrogens (tertiary/aromatic N) is 1. The average Bonchev–Trinajstić information content (AvgIpc) is 2.35. The van der Waals surface area contributed by atoms with Crippen molar-refractivity contribution in [3.8, 4) is 11.8 Å². The van der Waals surface area contributed by atoms with E-state index in [0.29, 0.717) is 0 Å². The van der Waals surface area contributed by atoms with Gasteiger partial charge >= 0.3 is 12.3 Å². The first kappa shape index (κ1) is 14.8. The summed E-state index contributed by atoms with van der Waals surface area (Å²) in [5.74, 6) is -1.91. The largest absolute Gasteiger partial charge is 0.573 e. The van der Waals surface area contributed by atoms with E-state index in [2.05, 4.69) is 9.47 Å². The topological polar surface area (TPSA) is 79.6 Å². The molecule has 1 aromatic rings. The van der Waals surface area contributed by atoms with Gasteiger partial charge in [-0.3, -0.25) is 0 Å². The summed E-state index contributed by atoms with van der Waals surface area (Å²) in [7, 11) is 0.978. The predicted molar refractivity (Wildman–Crippen MR) is 55.1 cm³/mol. The van der Waals surface area contributed by atoms with E-state index in [1.54, 1.807) is 6.07 Å². The van der Waals surface area contributed by atoms with Crippen molar-refractivity contribution in [1.82, 2.24) is 0 Å². The zero-order valence-electron chi connectivity index (χ0n) is 9.61. The summed E-state index contributed by atoms with van der Waals surface area (Å²) in [6, 6.07) is 3.30. The first-order valence-corrected chi connectivity index (χ1v) is 4.84. The molecule has 0 saturated heterocycles. The second kappa shape index (κ2) is 5.58. The average molecular weight is 275 g/mol. The molecule has 0 fully saturated rings. The van der Waals surface area contributed by atoms with Crippen LogP contribution >= 0.6 is 0 Å². The number of rotatable bonds is 3. The van der Waals surface area contributed by atoms with Gasteiger partial charge in [-0.1, -0.05) is 0 Å². The van der Waals surface area contributed by atoms with Crippen molar-refractivity contribution in [3.63, 3.8) is 0 Å². The summed E-state index contributed by atoms with van der Waals surface area (Å²) in [5.41, 5.74) is -0.777. The molecule has 0 aliphatic carbocycles. The van der Waals surface area contributed by atoms with Crippen LogP contribution in [0.4, 0.5) is 13.2 Å². The number of ether oxygens (including phenoxy) is 2. The van der Waals surface area contributed by atoms with Crippen LogP contribution in [0.5, 0.6) is 5.75 Å². The highest BCUT2D eigenvalue weighted by molar-refractivity contribution is 5.93. The molecular formula is C11H8F3NO4. The van der Waals surface area contributed by atoms with E-state index < -0.39 is 30.3 Å². The molecule has 5 nitrogen and oxygen atoms in total. The third-order valence-electron chi connectivity index (χ3n) is 2.13. The Morgan fingerprint density at radius 2 is 2.11 bits per heavy atom. The van der Waals surface area contributed by atoms with E-state index in [-0.39, 0.29) is 11.1 Å². The van der Waals surface area contributed by atoms with Gasteiger partial charge in [-0.2, -0.15) is 5.26 Å². The molecule has 0 aromatic heterocycles. The second-order valence-corrected chi connectivity index (χ2v) is 3.31. The summed E-state index contributed by atoms with van der Waals surface area (Å²) in [5, 5.41) is 17.7. The van der Waals surface area contributed by atoms with Crippen LogP contribution in [0.25, 0.3) is 0 Å². The van der Waals surface area contributed by atoms with E-state index in [1.807, 2.05) is 0 Å². The number of aliphatic hydroxyl groups is 1. The lowest BCUT2D eigenvalue weighted by Crippen LogP contribution is -2.20. The Hall–Kier alpha value is -2.27. The van der Waals surface area contributed by atoms with Crippen LogP contribution in [0.3, 0.4) is 0 Å². The Balaban J connectivity index is 3.41. The van der Waals surface area contributed by atoms with Crippen molar-refractivity contribution >= 4 is 5.97 Å². The van der Waals surface area contributed by atoms with Gasteiger partial charge in [-0.05, 0) is 17.7 Å². The van der Waals surface area contributed by atoms with Gasteiger partial charge in [0.15, 0.2) is 0 Å². The van der Waals surface area contributed by atoms with Gasteiger partial charge in [-0.25, -0.2) is 4.79 Å². The predicted octanol–water partition coefficient (Wildman–Crippen LogP) is 1.74. The highest BCUT2D eigenvalue weighted by atomic mass is 19.4. The Morgan fingerprint density at radius 1 is 1.47 bits per heavy atom. The first-order chi connectivity index (χ1) is 8.82.